The van der Waals surface area contributed by atoms with E-state index >= 15 is 0 Å². The Morgan fingerprint density at radius 3 is 2.61 bits per heavy atom. The Balaban J connectivity index is 2.42. The highest BCUT2D eigenvalue weighted by Crippen LogP contribution is 2.17. The minimum absolute atomic E-state index is 0.109. The standard InChI is InChI=1S/C12H14BrF3O2/c13-11-3-1-2-9(5-11)4-10(6-17)7-18-8-12(14,15)16/h1-3,5,10,17H,4,6-8H2. The Kier molecular flexibility index (Phi) is 6.11. The van der Waals surface area contributed by atoms with Crippen molar-refractivity contribution in [3.63, 3.8) is 0 Å². The van der Waals surface area contributed by atoms with Crippen molar-refractivity contribution >= 4 is 15.9 Å². The normalized spacial score (nSPS) is 13.6. The van der Waals surface area contributed by atoms with Gasteiger partial charge in [0.1, 0.15) is 6.61 Å². The van der Waals surface area contributed by atoms with Crippen LogP contribution < -0.4 is 0 Å². The number of aliphatic hydroxyl groups is 1. The van der Waals surface area contributed by atoms with Crippen molar-refractivity contribution < 1.29 is 23.0 Å². The summed E-state index contributed by atoms with van der Waals surface area (Å²) in [6.45, 7) is -1.59. The molecule has 0 radical (unpaired) electrons. The second-order valence-electron chi connectivity index (χ2n) is 4.01. The molecule has 0 aliphatic heterocycles. The molecule has 18 heavy (non-hydrogen) atoms. The van der Waals surface area contributed by atoms with Gasteiger partial charge in [0.05, 0.1) is 6.61 Å². The lowest BCUT2D eigenvalue weighted by Crippen LogP contribution is -2.23. The summed E-state index contributed by atoms with van der Waals surface area (Å²) in [4.78, 5) is 0. The monoisotopic (exact) mass is 326 g/mol. The van der Waals surface area contributed by atoms with Crippen LogP contribution in [0.5, 0.6) is 0 Å². The zero-order valence-corrected chi connectivity index (χ0v) is 11.2. The second kappa shape index (κ2) is 7.11. The van der Waals surface area contributed by atoms with Crippen LogP contribution in [0.3, 0.4) is 0 Å². The largest absolute Gasteiger partial charge is 0.411 e. The van der Waals surface area contributed by atoms with Crippen molar-refractivity contribution in [2.75, 3.05) is 19.8 Å². The lowest BCUT2D eigenvalue weighted by atomic mass is 10.0. The predicted octanol–water partition coefficient (Wildman–Crippen LogP) is 3.18. The number of alkyl halides is 3. The van der Waals surface area contributed by atoms with E-state index in [2.05, 4.69) is 20.7 Å². The molecule has 1 N–H and O–H groups in total. The highest BCUT2D eigenvalue weighted by Gasteiger charge is 2.27. The third-order valence-corrected chi connectivity index (χ3v) is 2.78. The quantitative estimate of drug-likeness (QED) is 0.870. The molecule has 0 fully saturated rings. The number of benzene rings is 1. The van der Waals surface area contributed by atoms with Crippen molar-refractivity contribution in [2.24, 2.45) is 5.92 Å². The summed E-state index contributed by atoms with van der Waals surface area (Å²) >= 11 is 3.31. The van der Waals surface area contributed by atoms with Gasteiger partial charge in [0, 0.05) is 17.0 Å². The summed E-state index contributed by atoms with van der Waals surface area (Å²) in [5.74, 6) is -0.332. The Morgan fingerprint density at radius 1 is 1.33 bits per heavy atom. The van der Waals surface area contributed by atoms with E-state index in [1.54, 1.807) is 0 Å². The maximum absolute atomic E-state index is 11.9. The van der Waals surface area contributed by atoms with Crippen molar-refractivity contribution in [1.29, 1.82) is 0 Å². The SMILES string of the molecule is OCC(COCC(F)(F)F)Cc1cccc(Br)c1. The molecule has 1 aromatic carbocycles. The van der Waals surface area contributed by atoms with E-state index in [1.165, 1.54) is 0 Å². The van der Waals surface area contributed by atoms with Gasteiger partial charge in [0.2, 0.25) is 0 Å². The molecule has 102 valence electrons. The van der Waals surface area contributed by atoms with Crippen LogP contribution in [-0.2, 0) is 11.2 Å². The van der Waals surface area contributed by atoms with Crippen LogP contribution in [0.25, 0.3) is 0 Å². The van der Waals surface area contributed by atoms with E-state index in [0.717, 1.165) is 10.0 Å². The van der Waals surface area contributed by atoms with Gasteiger partial charge in [-0.3, -0.25) is 0 Å². The summed E-state index contributed by atoms with van der Waals surface area (Å²) in [6, 6.07) is 7.42. The molecule has 0 aromatic heterocycles. The number of hydrogen-bond acceptors (Lipinski definition) is 2. The molecule has 0 bridgehead atoms. The van der Waals surface area contributed by atoms with Gasteiger partial charge in [-0.25, -0.2) is 0 Å². The zero-order valence-electron chi connectivity index (χ0n) is 9.58. The van der Waals surface area contributed by atoms with E-state index in [0.29, 0.717) is 6.42 Å². The molecule has 1 rings (SSSR count). The van der Waals surface area contributed by atoms with Crippen LogP contribution >= 0.6 is 15.9 Å². The highest BCUT2D eigenvalue weighted by atomic mass is 79.9. The molecule has 6 heteroatoms. The minimum atomic E-state index is -4.32. The average molecular weight is 327 g/mol. The highest BCUT2D eigenvalue weighted by molar-refractivity contribution is 9.10. The van der Waals surface area contributed by atoms with Crippen molar-refractivity contribution in [1.82, 2.24) is 0 Å². The van der Waals surface area contributed by atoms with E-state index in [9.17, 15) is 13.2 Å². The van der Waals surface area contributed by atoms with Crippen molar-refractivity contribution in [3.05, 3.63) is 34.3 Å². The lowest BCUT2D eigenvalue weighted by Gasteiger charge is -2.15. The zero-order chi connectivity index (χ0) is 13.6. The maximum atomic E-state index is 11.9. The van der Waals surface area contributed by atoms with Crippen LogP contribution in [0, 0.1) is 5.92 Å². The molecule has 0 saturated heterocycles. The number of halogens is 4. The first-order chi connectivity index (χ1) is 8.40. The van der Waals surface area contributed by atoms with Gasteiger partial charge >= 0.3 is 6.18 Å². The summed E-state index contributed by atoms with van der Waals surface area (Å²) in [6.07, 6.45) is -3.84. The molecule has 1 atom stereocenters. The lowest BCUT2D eigenvalue weighted by molar-refractivity contribution is -0.177. The third-order valence-electron chi connectivity index (χ3n) is 2.29. The Bertz CT molecular complexity index is 369. The first-order valence-corrected chi connectivity index (χ1v) is 6.20. The average Bonchev–Trinajstić information content (AvgIpc) is 2.26. The summed E-state index contributed by atoms with van der Waals surface area (Å²) in [5, 5.41) is 9.11. The van der Waals surface area contributed by atoms with E-state index in [1.807, 2.05) is 24.3 Å². The third kappa shape index (κ3) is 6.37. The first-order valence-electron chi connectivity index (χ1n) is 5.40. The Morgan fingerprint density at radius 2 is 2.06 bits per heavy atom. The van der Waals surface area contributed by atoms with E-state index in [4.69, 9.17) is 5.11 Å². The molecule has 2 nitrogen and oxygen atoms in total. The molecule has 1 unspecified atom stereocenters. The van der Waals surface area contributed by atoms with Gasteiger partial charge in [0.15, 0.2) is 0 Å². The summed E-state index contributed by atoms with van der Waals surface area (Å²) < 4.78 is 41.1. The molecular formula is C12H14BrF3O2. The van der Waals surface area contributed by atoms with Gasteiger partial charge in [-0.2, -0.15) is 13.2 Å². The van der Waals surface area contributed by atoms with Crippen LogP contribution in [0.2, 0.25) is 0 Å². The van der Waals surface area contributed by atoms with Crippen molar-refractivity contribution in [2.45, 2.75) is 12.6 Å². The molecule has 0 amide bonds. The van der Waals surface area contributed by atoms with Gasteiger partial charge < -0.3 is 9.84 Å². The topological polar surface area (TPSA) is 29.5 Å². The molecular weight excluding hydrogens is 313 g/mol. The molecule has 0 aliphatic carbocycles. The molecule has 0 saturated carbocycles. The summed E-state index contributed by atoms with van der Waals surface area (Å²) in [7, 11) is 0. The van der Waals surface area contributed by atoms with Crippen molar-refractivity contribution in [3.8, 4) is 0 Å². The Hall–Kier alpha value is -0.590. The fourth-order valence-electron chi connectivity index (χ4n) is 1.51. The van der Waals surface area contributed by atoms with E-state index < -0.39 is 12.8 Å². The van der Waals surface area contributed by atoms with Crippen LogP contribution in [0.1, 0.15) is 5.56 Å². The maximum Gasteiger partial charge on any atom is 0.411 e. The number of rotatable bonds is 6. The number of hydrogen-bond donors (Lipinski definition) is 1. The van der Waals surface area contributed by atoms with Crippen LogP contribution in [0.4, 0.5) is 13.2 Å². The fourth-order valence-corrected chi connectivity index (χ4v) is 1.96. The van der Waals surface area contributed by atoms with Gasteiger partial charge in [-0.05, 0) is 24.1 Å². The molecule has 0 aliphatic rings. The Labute approximate surface area is 112 Å². The van der Waals surface area contributed by atoms with Gasteiger partial charge in [-0.15, -0.1) is 0 Å². The summed E-state index contributed by atoms with van der Waals surface area (Å²) in [5.41, 5.74) is 0.944. The van der Waals surface area contributed by atoms with Crippen LogP contribution in [0.15, 0.2) is 28.7 Å². The van der Waals surface area contributed by atoms with Gasteiger partial charge in [0.25, 0.3) is 0 Å². The smallest absolute Gasteiger partial charge is 0.396 e. The number of ether oxygens (including phenoxy) is 1. The first kappa shape index (κ1) is 15.5. The molecule has 0 heterocycles. The van der Waals surface area contributed by atoms with Gasteiger partial charge in [-0.1, -0.05) is 28.1 Å². The second-order valence-corrected chi connectivity index (χ2v) is 4.93. The molecule has 1 aromatic rings. The number of aliphatic hydroxyl groups excluding tert-OH is 1. The molecule has 0 spiro atoms. The van der Waals surface area contributed by atoms with Crippen LogP contribution in [-0.4, -0.2) is 31.1 Å². The predicted molar refractivity (Wildman–Crippen MR) is 65.3 cm³/mol. The fraction of sp³-hybridized carbons (Fsp3) is 0.500. The minimum Gasteiger partial charge on any atom is -0.396 e. The van der Waals surface area contributed by atoms with E-state index in [-0.39, 0.29) is 19.1 Å².